The maximum Gasteiger partial charge on any atom is 0.227 e. The van der Waals surface area contributed by atoms with Crippen molar-refractivity contribution >= 4 is 9.84 Å². The highest BCUT2D eigenvalue weighted by molar-refractivity contribution is 7.91. The minimum absolute atomic E-state index is 0.0891. The van der Waals surface area contributed by atoms with E-state index in [1.54, 1.807) is 13.1 Å². The van der Waals surface area contributed by atoms with Crippen LogP contribution < -0.4 is 0 Å². The van der Waals surface area contributed by atoms with E-state index in [9.17, 15) is 8.42 Å². The molecule has 1 fully saturated rings. The molecule has 0 unspecified atom stereocenters. The van der Waals surface area contributed by atoms with Gasteiger partial charge in [0.05, 0.1) is 17.6 Å². The van der Waals surface area contributed by atoms with E-state index in [4.69, 9.17) is 0 Å². The summed E-state index contributed by atoms with van der Waals surface area (Å²) in [5.74, 6) is 0.0891. The van der Waals surface area contributed by atoms with Gasteiger partial charge < -0.3 is 4.57 Å². The molecular weight excluding hydrogens is 358 g/mol. The van der Waals surface area contributed by atoms with Gasteiger partial charge in [-0.3, -0.25) is 4.90 Å². The summed E-state index contributed by atoms with van der Waals surface area (Å²) >= 11 is 0. The molecule has 3 rings (SSSR count). The number of nitrogens with zero attached hydrogens (tertiary/aromatic N) is 3. The van der Waals surface area contributed by atoms with Gasteiger partial charge in [-0.15, -0.1) is 0 Å². The quantitative estimate of drug-likeness (QED) is 0.691. The zero-order valence-electron chi connectivity index (χ0n) is 16.3. The Balaban J connectivity index is 1.76. The summed E-state index contributed by atoms with van der Waals surface area (Å²) in [7, 11) is -3.32. The molecule has 6 heteroatoms. The lowest BCUT2D eigenvalue weighted by atomic mass is 10.1. The van der Waals surface area contributed by atoms with Crippen molar-refractivity contribution < 1.29 is 8.42 Å². The summed E-state index contributed by atoms with van der Waals surface area (Å²) in [6.07, 6.45) is 8.65. The Bertz CT molecular complexity index is 807. The van der Waals surface area contributed by atoms with Crippen LogP contribution in [-0.2, 0) is 29.3 Å². The van der Waals surface area contributed by atoms with Gasteiger partial charge in [0.15, 0.2) is 0 Å². The molecule has 0 atom stereocenters. The summed E-state index contributed by atoms with van der Waals surface area (Å²) < 4.78 is 27.0. The van der Waals surface area contributed by atoms with Gasteiger partial charge in [0.1, 0.15) is 0 Å². The van der Waals surface area contributed by atoms with Crippen LogP contribution in [-0.4, -0.2) is 41.7 Å². The molecular formula is C21H31N3O2S. The van der Waals surface area contributed by atoms with Gasteiger partial charge in [-0.25, -0.2) is 13.4 Å². The number of aromatic nitrogens is 2. The number of hydrogen-bond donors (Lipinski definition) is 0. The van der Waals surface area contributed by atoms with Gasteiger partial charge in [-0.1, -0.05) is 50.1 Å². The molecule has 0 amide bonds. The first kappa shape index (κ1) is 20.1. The van der Waals surface area contributed by atoms with E-state index in [-0.39, 0.29) is 10.9 Å². The summed E-state index contributed by atoms with van der Waals surface area (Å²) in [5.41, 5.74) is 2.31. The molecule has 148 valence electrons. The van der Waals surface area contributed by atoms with Crippen LogP contribution in [0.2, 0.25) is 0 Å². The molecule has 1 aliphatic rings. The van der Waals surface area contributed by atoms with Crippen molar-refractivity contribution in [1.82, 2.24) is 14.5 Å². The van der Waals surface area contributed by atoms with Crippen LogP contribution in [0.5, 0.6) is 0 Å². The van der Waals surface area contributed by atoms with Crippen LogP contribution in [0.4, 0.5) is 0 Å². The maximum absolute atomic E-state index is 12.5. The van der Waals surface area contributed by atoms with Crippen LogP contribution in [0.25, 0.3) is 0 Å². The highest BCUT2D eigenvalue weighted by Gasteiger charge is 2.22. The lowest BCUT2D eigenvalue weighted by molar-refractivity contribution is 0.268. The Hall–Kier alpha value is -1.66. The van der Waals surface area contributed by atoms with Crippen molar-refractivity contribution in [1.29, 1.82) is 0 Å². The van der Waals surface area contributed by atoms with E-state index in [2.05, 4.69) is 22.0 Å². The van der Waals surface area contributed by atoms with Gasteiger partial charge in [0, 0.05) is 13.1 Å². The first-order valence-electron chi connectivity index (χ1n) is 10.1. The second kappa shape index (κ2) is 9.51. The number of sulfone groups is 1. The third kappa shape index (κ3) is 5.42. The Morgan fingerprint density at radius 3 is 2.41 bits per heavy atom. The number of imidazole rings is 1. The smallest absolute Gasteiger partial charge is 0.227 e. The molecule has 5 nitrogen and oxygen atoms in total. The Morgan fingerprint density at radius 1 is 1.04 bits per heavy atom. The number of hydrogen-bond acceptors (Lipinski definition) is 4. The first-order valence-corrected chi connectivity index (χ1v) is 11.8. The second-order valence-electron chi connectivity index (χ2n) is 7.37. The van der Waals surface area contributed by atoms with Crippen molar-refractivity contribution in [2.75, 3.05) is 18.8 Å². The molecule has 0 aliphatic carbocycles. The van der Waals surface area contributed by atoms with Crippen molar-refractivity contribution in [2.45, 2.75) is 63.7 Å². The maximum atomic E-state index is 12.5. The molecule has 2 aromatic rings. The fraction of sp³-hybridized carbons (Fsp3) is 0.571. The van der Waals surface area contributed by atoms with E-state index in [0.29, 0.717) is 6.54 Å². The van der Waals surface area contributed by atoms with E-state index in [1.165, 1.54) is 31.2 Å². The summed E-state index contributed by atoms with van der Waals surface area (Å²) in [5, 5.41) is 0.239. The highest BCUT2D eigenvalue weighted by atomic mass is 32.2. The number of rotatable bonds is 8. The topological polar surface area (TPSA) is 55.2 Å². The molecule has 2 heterocycles. The van der Waals surface area contributed by atoms with Crippen LogP contribution in [0.1, 0.15) is 50.3 Å². The second-order valence-corrected chi connectivity index (χ2v) is 9.54. The molecule has 0 bridgehead atoms. The fourth-order valence-corrected chi connectivity index (χ4v) is 4.76. The molecule has 1 aliphatic heterocycles. The van der Waals surface area contributed by atoms with Crippen LogP contribution >= 0.6 is 0 Å². The monoisotopic (exact) mass is 389 g/mol. The largest absolute Gasteiger partial charge is 0.318 e. The first-order chi connectivity index (χ1) is 13.1. The van der Waals surface area contributed by atoms with Crippen LogP contribution in [0, 0.1) is 0 Å². The van der Waals surface area contributed by atoms with Gasteiger partial charge in [0.25, 0.3) is 0 Å². The van der Waals surface area contributed by atoms with Crippen molar-refractivity contribution in [2.24, 2.45) is 0 Å². The summed E-state index contributed by atoms with van der Waals surface area (Å²) in [6.45, 7) is 5.34. The molecule has 0 spiro atoms. The standard InChI is InChI=1S/C21H31N3O2S/c1-2-27(25,26)21-22-17-20(18-23-14-8-3-4-9-15-23)24(21)16-10-13-19-11-6-5-7-12-19/h5-7,11-12,17H,2-4,8-10,13-16,18H2,1H3. The zero-order valence-corrected chi connectivity index (χ0v) is 17.1. The SMILES string of the molecule is CCS(=O)(=O)c1ncc(CN2CCCCCC2)n1CCCc1ccccc1. The Kier molecular flexibility index (Phi) is 7.07. The Labute approximate surface area is 163 Å². The normalized spacial score (nSPS) is 16.3. The van der Waals surface area contributed by atoms with E-state index in [0.717, 1.165) is 38.2 Å². The third-order valence-corrected chi connectivity index (χ3v) is 6.98. The molecule has 1 saturated heterocycles. The van der Waals surface area contributed by atoms with Crippen molar-refractivity contribution in [3.05, 3.63) is 47.8 Å². The molecule has 1 aromatic carbocycles. The van der Waals surface area contributed by atoms with Crippen LogP contribution in [0.15, 0.2) is 41.7 Å². The molecule has 0 saturated carbocycles. The van der Waals surface area contributed by atoms with Crippen molar-refractivity contribution in [3.8, 4) is 0 Å². The van der Waals surface area contributed by atoms with E-state index in [1.807, 2.05) is 22.8 Å². The van der Waals surface area contributed by atoms with Gasteiger partial charge in [0.2, 0.25) is 15.0 Å². The molecule has 0 N–H and O–H groups in total. The fourth-order valence-electron chi connectivity index (χ4n) is 3.74. The summed E-state index contributed by atoms with van der Waals surface area (Å²) in [6, 6.07) is 10.4. The number of benzene rings is 1. The minimum atomic E-state index is -3.32. The molecule has 1 aromatic heterocycles. The van der Waals surface area contributed by atoms with Gasteiger partial charge in [-0.2, -0.15) is 0 Å². The Morgan fingerprint density at radius 2 is 1.74 bits per heavy atom. The predicted molar refractivity (Wildman–Crippen MR) is 108 cm³/mol. The van der Waals surface area contributed by atoms with Gasteiger partial charge in [-0.05, 0) is 44.3 Å². The van der Waals surface area contributed by atoms with E-state index >= 15 is 0 Å². The zero-order chi connectivity index (χ0) is 19.1. The average molecular weight is 390 g/mol. The lowest BCUT2D eigenvalue weighted by Gasteiger charge is -2.21. The number of likely N-dealkylation sites (tertiary alicyclic amines) is 1. The molecule has 0 radical (unpaired) electrons. The van der Waals surface area contributed by atoms with E-state index < -0.39 is 9.84 Å². The average Bonchev–Trinajstić information content (AvgIpc) is 2.90. The lowest BCUT2D eigenvalue weighted by Crippen LogP contribution is -2.26. The molecule has 27 heavy (non-hydrogen) atoms. The van der Waals surface area contributed by atoms with Crippen LogP contribution in [0.3, 0.4) is 0 Å². The van der Waals surface area contributed by atoms with Gasteiger partial charge >= 0.3 is 0 Å². The number of aryl methyl sites for hydroxylation is 1. The minimum Gasteiger partial charge on any atom is -0.318 e. The third-order valence-electron chi connectivity index (χ3n) is 5.33. The van der Waals surface area contributed by atoms with Crippen molar-refractivity contribution in [3.63, 3.8) is 0 Å². The predicted octanol–water partition coefficient (Wildman–Crippen LogP) is 3.69. The highest BCUT2D eigenvalue weighted by Crippen LogP contribution is 2.19. The summed E-state index contributed by atoms with van der Waals surface area (Å²) in [4.78, 5) is 6.77.